The zero-order valence-electron chi connectivity index (χ0n) is 13.8. The number of benzene rings is 2. The third-order valence-corrected chi connectivity index (χ3v) is 3.80. The van der Waals surface area contributed by atoms with Crippen molar-refractivity contribution < 1.29 is 14.3 Å². The summed E-state index contributed by atoms with van der Waals surface area (Å²) >= 11 is 6.11. The Hall–Kier alpha value is -2.04. The molecular formula is C19H22ClNO3. The minimum atomic E-state index is -0.0734. The quantitative estimate of drug-likeness (QED) is 0.687. The van der Waals surface area contributed by atoms with Crippen molar-refractivity contribution in [1.29, 1.82) is 0 Å². The summed E-state index contributed by atoms with van der Waals surface area (Å²) in [6.45, 7) is 3.56. The van der Waals surface area contributed by atoms with Gasteiger partial charge in [0, 0.05) is 18.1 Å². The van der Waals surface area contributed by atoms with Crippen LogP contribution in [0.15, 0.2) is 48.5 Å². The highest BCUT2D eigenvalue weighted by Crippen LogP contribution is 2.24. The lowest BCUT2D eigenvalue weighted by molar-refractivity contribution is -0.116. The van der Waals surface area contributed by atoms with Gasteiger partial charge in [-0.15, -0.1) is 0 Å². The number of carbonyl (C=O) groups is 1. The Labute approximate surface area is 147 Å². The lowest BCUT2D eigenvalue weighted by Gasteiger charge is -2.12. The molecule has 0 unspecified atom stereocenters. The number of rotatable bonds is 9. The molecule has 0 heterocycles. The van der Waals surface area contributed by atoms with Crippen LogP contribution >= 0.6 is 11.6 Å². The van der Waals surface area contributed by atoms with Crippen molar-refractivity contribution in [3.63, 3.8) is 0 Å². The van der Waals surface area contributed by atoms with Gasteiger partial charge < -0.3 is 14.8 Å². The van der Waals surface area contributed by atoms with Crippen LogP contribution < -0.4 is 10.1 Å². The highest BCUT2D eigenvalue weighted by molar-refractivity contribution is 6.31. The molecule has 0 saturated carbocycles. The summed E-state index contributed by atoms with van der Waals surface area (Å²) in [5.41, 5.74) is 1.63. The highest BCUT2D eigenvalue weighted by atomic mass is 35.5. The van der Waals surface area contributed by atoms with Crippen LogP contribution in [0, 0.1) is 0 Å². The van der Waals surface area contributed by atoms with Gasteiger partial charge in [-0.2, -0.15) is 0 Å². The van der Waals surface area contributed by atoms with Gasteiger partial charge in [0.25, 0.3) is 0 Å². The van der Waals surface area contributed by atoms with E-state index in [1.807, 2.05) is 55.5 Å². The number of hydrogen-bond acceptors (Lipinski definition) is 3. The first-order valence-corrected chi connectivity index (χ1v) is 8.41. The number of para-hydroxylation sites is 2. The number of anilines is 1. The van der Waals surface area contributed by atoms with Gasteiger partial charge in [-0.3, -0.25) is 4.79 Å². The van der Waals surface area contributed by atoms with E-state index in [1.54, 1.807) is 0 Å². The monoisotopic (exact) mass is 347 g/mol. The minimum Gasteiger partial charge on any atom is -0.489 e. The van der Waals surface area contributed by atoms with E-state index in [1.165, 1.54) is 0 Å². The van der Waals surface area contributed by atoms with Crippen LogP contribution in [0.1, 0.15) is 18.9 Å². The number of aryl methyl sites for hydroxylation is 1. The van der Waals surface area contributed by atoms with Gasteiger partial charge in [0.1, 0.15) is 12.4 Å². The van der Waals surface area contributed by atoms with Crippen molar-refractivity contribution >= 4 is 23.2 Å². The minimum absolute atomic E-state index is 0.0734. The fourth-order valence-corrected chi connectivity index (χ4v) is 2.44. The molecular weight excluding hydrogens is 326 g/mol. The standard InChI is InChI=1S/C19H22ClNO3/c1-2-23-13-14-24-18-10-6-5-9-17(18)21-19(22)12-11-15-7-3-4-8-16(15)20/h3-10H,2,11-14H2,1H3,(H,21,22). The van der Waals surface area contributed by atoms with Crippen molar-refractivity contribution in [2.75, 3.05) is 25.1 Å². The van der Waals surface area contributed by atoms with Gasteiger partial charge >= 0.3 is 0 Å². The van der Waals surface area contributed by atoms with Gasteiger partial charge in [0.05, 0.1) is 12.3 Å². The maximum atomic E-state index is 12.2. The average molecular weight is 348 g/mol. The Kier molecular flexibility index (Phi) is 7.59. The lowest BCUT2D eigenvalue weighted by atomic mass is 10.1. The topological polar surface area (TPSA) is 47.6 Å². The highest BCUT2D eigenvalue weighted by Gasteiger charge is 2.09. The van der Waals surface area contributed by atoms with Crippen LogP contribution in [0.3, 0.4) is 0 Å². The van der Waals surface area contributed by atoms with E-state index in [4.69, 9.17) is 21.1 Å². The van der Waals surface area contributed by atoms with E-state index in [9.17, 15) is 4.79 Å². The summed E-state index contributed by atoms with van der Waals surface area (Å²) in [5, 5.41) is 3.58. The Balaban J connectivity index is 1.88. The van der Waals surface area contributed by atoms with E-state index >= 15 is 0 Å². The molecule has 0 spiro atoms. The second kappa shape index (κ2) is 9.96. The largest absolute Gasteiger partial charge is 0.489 e. The van der Waals surface area contributed by atoms with Gasteiger partial charge in [0.15, 0.2) is 0 Å². The summed E-state index contributed by atoms with van der Waals surface area (Å²) in [4.78, 5) is 12.2. The molecule has 0 aliphatic rings. The summed E-state index contributed by atoms with van der Waals surface area (Å²) < 4.78 is 10.9. The molecule has 0 atom stereocenters. The van der Waals surface area contributed by atoms with Crippen LogP contribution in [0.25, 0.3) is 0 Å². The van der Waals surface area contributed by atoms with Gasteiger partial charge in [0.2, 0.25) is 5.91 Å². The van der Waals surface area contributed by atoms with Crippen LogP contribution in [-0.4, -0.2) is 25.7 Å². The molecule has 24 heavy (non-hydrogen) atoms. The molecule has 4 nitrogen and oxygen atoms in total. The molecule has 1 N–H and O–H groups in total. The first kappa shape index (κ1) is 18.3. The predicted molar refractivity (Wildman–Crippen MR) is 96.8 cm³/mol. The van der Waals surface area contributed by atoms with Crippen molar-refractivity contribution in [2.24, 2.45) is 0 Å². The number of amides is 1. The Morgan fingerprint density at radius 1 is 1.08 bits per heavy atom. The molecule has 1 amide bonds. The fraction of sp³-hybridized carbons (Fsp3) is 0.316. The molecule has 128 valence electrons. The zero-order chi connectivity index (χ0) is 17.2. The normalized spacial score (nSPS) is 10.4. The van der Waals surface area contributed by atoms with Crippen LogP contribution in [0.5, 0.6) is 5.75 Å². The van der Waals surface area contributed by atoms with Crippen molar-refractivity contribution in [1.82, 2.24) is 0 Å². The number of hydrogen-bond donors (Lipinski definition) is 1. The molecule has 0 aliphatic heterocycles. The van der Waals surface area contributed by atoms with Crippen LogP contribution in [-0.2, 0) is 16.0 Å². The maximum Gasteiger partial charge on any atom is 0.224 e. The van der Waals surface area contributed by atoms with Gasteiger partial charge in [-0.05, 0) is 37.1 Å². The van der Waals surface area contributed by atoms with E-state index in [0.717, 1.165) is 5.56 Å². The van der Waals surface area contributed by atoms with E-state index in [0.29, 0.717) is 49.1 Å². The molecule has 0 aliphatic carbocycles. The van der Waals surface area contributed by atoms with Crippen molar-refractivity contribution in [2.45, 2.75) is 19.8 Å². The molecule has 0 fully saturated rings. The van der Waals surface area contributed by atoms with Crippen molar-refractivity contribution in [3.05, 3.63) is 59.1 Å². The van der Waals surface area contributed by atoms with E-state index < -0.39 is 0 Å². The van der Waals surface area contributed by atoms with Crippen molar-refractivity contribution in [3.8, 4) is 5.75 Å². The summed E-state index contributed by atoms with van der Waals surface area (Å²) in [6, 6.07) is 14.9. The molecule has 2 aromatic rings. The molecule has 5 heteroatoms. The molecule has 0 saturated heterocycles. The Morgan fingerprint density at radius 2 is 1.83 bits per heavy atom. The predicted octanol–water partition coefficient (Wildman–Crippen LogP) is 4.33. The first-order valence-electron chi connectivity index (χ1n) is 8.03. The summed E-state index contributed by atoms with van der Waals surface area (Å²) in [7, 11) is 0. The molecule has 0 bridgehead atoms. The first-order chi connectivity index (χ1) is 11.7. The molecule has 0 aromatic heterocycles. The summed E-state index contributed by atoms with van der Waals surface area (Å²) in [5.74, 6) is 0.569. The Bertz CT molecular complexity index is 661. The van der Waals surface area contributed by atoms with E-state index in [-0.39, 0.29) is 5.91 Å². The van der Waals surface area contributed by atoms with Crippen LogP contribution in [0.2, 0.25) is 5.02 Å². The average Bonchev–Trinajstić information content (AvgIpc) is 2.59. The fourth-order valence-electron chi connectivity index (χ4n) is 2.21. The Morgan fingerprint density at radius 3 is 2.62 bits per heavy atom. The number of ether oxygens (including phenoxy) is 2. The van der Waals surface area contributed by atoms with Gasteiger partial charge in [-0.25, -0.2) is 0 Å². The number of nitrogens with one attached hydrogen (secondary N) is 1. The van der Waals surface area contributed by atoms with Gasteiger partial charge in [-0.1, -0.05) is 41.9 Å². The smallest absolute Gasteiger partial charge is 0.224 e. The summed E-state index contributed by atoms with van der Waals surface area (Å²) in [6.07, 6.45) is 0.954. The van der Waals surface area contributed by atoms with Crippen LogP contribution in [0.4, 0.5) is 5.69 Å². The van der Waals surface area contributed by atoms with E-state index in [2.05, 4.69) is 5.32 Å². The molecule has 2 aromatic carbocycles. The third-order valence-electron chi connectivity index (χ3n) is 3.43. The SMILES string of the molecule is CCOCCOc1ccccc1NC(=O)CCc1ccccc1Cl. The number of carbonyl (C=O) groups excluding carboxylic acids is 1. The lowest BCUT2D eigenvalue weighted by Crippen LogP contribution is -2.14. The zero-order valence-corrected chi connectivity index (χ0v) is 14.5. The number of halogens is 1. The maximum absolute atomic E-state index is 12.2. The molecule has 2 rings (SSSR count). The molecule has 0 radical (unpaired) electrons. The second-order valence-corrected chi connectivity index (χ2v) is 5.59. The third kappa shape index (κ3) is 5.87. The second-order valence-electron chi connectivity index (χ2n) is 5.18.